The first-order valence-electron chi connectivity index (χ1n) is 11.6. The van der Waals surface area contributed by atoms with Gasteiger partial charge in [-0.05, 0) is 60.2 Å². The Hall–Kier alpha value is -3.75. The van der Waals surface area contributed by atoms with Crippen molar-refractivity contribution in [3.8, 4) is 34.0 Å². The summed E-state index contributed by atoms with van der Waals surface area (Å²) in [6.07, 6.45) is 2.93. The SMILES string of the molecule is COCc1cc(-c2nc(-c3cnc(N4CCC[C@@H]4C(=O)O)c(Cl)c3)no2)ccc1-c1ccccc1C. The van der Waals surface area contributed by atoms with Gasteiger partial charge in [0.05, 0.1) is 11.6 Å². The molecule has 0 amide bonds. The number of methoxy groups -OCH3 is 1. The fourth-order valence-corrected chi connectivity index (χ4v) is 4.91. The maximum absolute atomic E-state index is 11.6. The van der Waals surface area contributed by atoms with Crippen molar-refractivity contribution in [2.75, 3.05) is 18.6 Å². The van der Waals surface area contributed by atoms with Crippen molar-refractivity contribution in [1.82, 2.24) is 15.1 Å². The van der Waals surface area contributed by atoms with Crippen LogP contribution in [0, 0.1) is 6.92 Å². The lowest BCUT2D eigenvalue weighted by Gasteiger charge is -2.23. The van der Waals surface area contributed by atoms with Crippen LogP contribution in [-0.4, -0.2) is 45.9 Å². The van der Waals surface area contributed by atoms with Crippen LogP contribution in [0.15, 0.2) is 59.3 Å². The van der Waals surface area contributed by atoms with E-state index < -0.39 is 12.0 Å². The third kappa shape index (κ3) is 4.57. The van der Waals surface area contributed by atoms with Crippen LogP contribution in [0.25, 0.3) is 34.0 Å². The highest BCUT2D eigenvalue weighted by Crippen LogP contribution is 2.34. The van der Waals surface area contributed by atoms with Gasteiger partial charge in [0.2, 0.25) is 5.82 Å². The second-order valence-electron chi connectivity index (χ2n) is 8.76. The lowest BCUT2D eigenvalue weighted by Crippen LogP contribution is -2.36. The molecule has 0 spiro atoms. The summed E-state index contributed by atoms with van der Waals surface area (Å²) >= 11 is 6.50. The van der Waals surface area contributed by atoms with E-state index in [4.69, 9.17) is 20.9 Å². The molecule has 0 unspecified atom stereocenters. The molecule has 184 valence electrons. The first-order chi connectivity index (χ1) is 17.5. The van der Waals surface area contributed by atoms with Crippen LogP contribution in [0.5, 0.6) is 0 Å². The highest BCUT2D eigenvalue weighted by Gasteiger charge is 2.32. The average molecular weight is 505 g/mol. The Morgan fingerprint density at radius 1 is 1.19 bits per heavy atom. The minimum atomic E-state index is -0.876. The van der Waals surface area contributed by atoms with E-state index in [0.29, 0.717) is 47.7 Å². The third-order valence-electron chi connectivity index (χ3n) is 6.40. The highest BCUT2D eigenvalue weighted by molar-refractivity contribution is 6.33. The van der Waals surface area contributed by atoms with Gasteiger partial charge in [0, 0.05) is 31.0 Å². The summed E-state index contributed by atoms with van der Waals surface area (Å²) in [6.45, 7) is 3.12. The van der Waals surface area contributed by atoms with E-state index in [2.05, 4.69) is 34.2 Å². The number of aryl methyl sites for hydroxylation is 1. The van der Waals surface area contributed by atoms with Gasteiger partial charge >= 0.3 is 5.97 Å². The van der Waals surface area contributed by atoms with Gasteiger partial charge in [-0.15, -0.1) is 0 Å². The second kappa shape index (κ2) is 10.1. The molecule has 0 radical (unpaired) electrons. The standard InChI is InChI=1S/C27H25ClN4O4/c1-16-6-3-4-7-20(16)21-10-9-17(12-19(21)15-35-2)26-30-24(31-36-26)18-13-22(28)25(29-14-18)32-11-5-8-23(32)27(33)34/h3-4,6-7,9-10,12-14,23H,5,8,11,15H2,1-2H3,(H,33,34)/t23-/m1/s1. The van der Waals surface area contributed by atoms with E-state index >= 15 is 0 Å². The maximum Gasteiger partial charge on any atom is 0.326 e. The van der Waals surface area contributed by atoms with Gasteiger partial charge in [0.25, 0.3) is 5.89 Å². The Labute approximate surface area is 213 Å². The van der Waals surface area contributed by atoms with Crippen molar-refractivity contribution in [1.29, 1.82) is 0 Å². The Kier molecular flexibility index (Phi) is 6.71. The number of rotatable bonds is 7. The number of aliphatic carboxylic acids is 1. The number of carboxylic acid groups (broad SMARTS) is 1. The number of hydrogen-bond donors (Lipinski definition) is 1. The molecule has 1 saturated heterocycles. The van der Waals surface area contributed by atoms with Crippen molar-refractivity contribution in [3.63, 3.8) is 0 Å². The molecule has 36 heavy (non-hydrogen) atoms. The molecule has 2 aromatic carbocycles. The van der Waals surface area contributed by atoms with Crippen molar-refractivity contribution >= 4 is 23.4 Å². The quantitative estimate of drug-likeness (QED) is 0.345. The first kappa shape index (κ1) is 24.0. The topological polar surface area (TPSA) is 102 Å². The van der Waals surface area contributed by atoms with Gasteiger partial charge in [-0.1, -0.05) is 47.1 Å². The van der Waals surface area contributed by atoms with E-state index in [1.807, 2.05) is 30.3 Å². The Bertz CT molecular complexity index is 1420. The largest absolute Gasteiger partial charge is 0.480 e. The summed E-state index contributed by atoms with van der Waals surface area (Å²) < 4.78 is 11.0. The van der Waals surface area contributed by atoms with Crippen LogP contribution < -0.4 is 4.90 Å². The average Bonchev–Trinajstić information content (AvgIpc) is 3.55. The molecular weight excluding hydrogens is 480 g/mol. The fraction of sp³-hybridized carbons (Fsp3) is 0.259. The maximum atomic E-state index is 11.6. The zero-order valence-corrected chi connectivity index (χ0v) is 20.7. The molecule has 1 aliphatic heterocycles. The summed E-state index contributed by atoms with van der Waals surface area (Å²) in [4.78, 5) is 22.3. The molecule has 0 saturated carbocycles. The highest BCUT2D eigenvalue weighted by atomic mass is 35.5. The Balaban J connectivity index is 1.44. The number of aromatic nitrogens is 3. The number of anilines is 1. The molecule has 1 atom stereocenters. The minimum Gasteiger partial charge on any atom is -0.480 e. The minimum absolute atomic E-state index is 0.344. The number of carbonyl (C=O) groups is 1. The summed E-state index contributed by atoms with van der Waals surface area (Å²) in [5, 5.41) is 13.9. The molecule has 8 nitrogen and oxygen atoms in total. The smallest absolute Gasteiger partial charge is 0.326 e. The number of halogens is 1. The van der Waals surface area contributed by atoms with Crippen LogP contribution in [0.4, 0.5) is 5.82 Å². The summed E-state index contributed by atoms with van der Waals surface area (Å²) in [7, 11) is 1.67. The predicted molar refractivity (Wildman–Crippen MR) is 137 cm³/mol. The number of carboxylic acids is 1. The van der Waals surface area contributed by atoms with E-state index in [0.717, 1.165) is 28.7 Å². The lowest BCUT2D eigenvalue weighted by molar-refractivity contribution is -0.138. The third-order valence-corrected chi connectivity index (χ3v) is 6.68. The Morgan fingerprint density at radius 2 is 2.03 bits per heavy atom. The number of benzene rings is 2. The zero-order chi connectivity index (χ0) is 25.2. The van der Waals surface area contributed by atoms with Gasteiger partial charge in [0.15, 0.2) is 0 Å². The summed E-state index contributed by atoms with van der Waals surface area (Å²) in [6, 6.07) is 15.3. The molecule has 3 heterocycles. The van der Waals surface area contributed by atoms with Crippen molar-refractivity contribution in [3.05, 3.63) is 70.9 Å². The molecular formula is C27H25ClN4O4. The lowest BCUT2D eigenvalue weighted by atomic mass is 9.94. The van der Waals surface area contributed by atoms with Gasteiger partial charge in [-0.3, -0.25) is 0 Å². The number of pyridine rings is 1. The molecule has 1 fully saturated rings. The van der Waals surface area contributed by atoms with Crippen molar-refractivity contribution in [2.45, 2.75) is 32.4 Å². The first-order valence-corrected chi connectivity index (χ1v) is 12.0. The van der Waals surface area contributed by atoms with E-state index in [1.165, 1.54) is 5.56 Å². The monoisotopic (exact) mass is 504 g/mol. The second-order valence-corrected chi connectivity index (χ2v) is 9.17. The van der Waals surface area contributed by atoms with Gasteiger partial charge in [-0.2, -0.15) is 4.98 Å². The normalized spacial score (nSPS) is 15.4. The summed E-state index contributed by atoms with van der Waals surface area (Å²) in [5.41, 5.74) is 5.78. The molecule has 5 rings (SSSR count). The Morgan fingerprint density at radius 3 is 2.78 bits per heavy atom. The van der Waals surface area contributed by atoms with Crippen LogP contribution in [0.3, 0.4) is 0 Å². The fourth-order valence-electron chi connectivity index (χ4n) is 4.64. The molecule has 0 bridgehead atoms. The zero-order valence-electron chi connectivity index (χ0n) is 19.9. The van der Waals surface area contributed by atoms with Crippen LogP contribution in [0.1, 0.15) is 24.0 Å². The van der Waals surface area contributed by atoms with Crippen LogP contribution in [-0.2, 0) is 16.1 Å². The molecule has 1 aliphatic rings. The van der Waals surface area contributed by atoms with Gasteiger partial charge in [-0.25, -0.2) is 9.78 Å². The molecule has 4 aromatic rings. The molecule has 0 aliphatic carbocycles. The van der Waals surface area contributed by atoms with Gasteiger partial charge in [0.1, 0.15) is 11.9 Å². The van der Waals surface area contributed by atoms with E-state index in [9.17, 15) is 9.90 Å². The van der Waals surface area contributed by atoms with E-state index in [1.54, 1.807) is 24.3 Å². The van der Waals surface area contributed by atoms with Crippen molar-refractivity contribution in [2.24, 2.45) is 0 Å². The van der Waals surface area contributed by atoms with Crippen LogP contribution in [0.2, 0.25) is 5.02 Å². The number of hydrogen-bond acceptors (Lipinski definition) is 7. The molecule has 2 aromatic heterocycles. The van der Waals surface area contributed by atoms with E-state index in [-0.39, 0.29) is 0 Å². The van der Waals surface area contributed by atoms with Crippen LogP contribution >= 0.6 is 11.6 Å². The summed E-state index contributed by atoms with van der Waals surface area (Å²) in [5.74, 6) is 0.284. The predicted octanol–water partition coefficient (Wildman–Crippen LogP) is 5.63. The van der Waals surface area contributed by atoms with Crippen molar-refractivity contribution < 1.29 is 19.2 Å². The molecule has 1 N–H and O–H groups in total. The molecule has 9 heteroatoms. The van der Waals surface area contributed by atoms with Gasteiger partial charge < -0.3 is 19.3 Å². The number of nitrogens with zero attached hydrogens (tertiary/aromatic N) is 4. The number of ether oxygens (including phenoxy) is 1.